The number of aryl methyl sites for hydroxylation is 2. The van der Waals surface area contributed by atoms with E-state index in [0.29, 0.717) is 15.9 Å². The zero-order valence-corrected chi connectivity index (χ0v) is 13.0. The molecule has 0 bridgehead atoms. The van der Waals surface area contributed by atoms with Crippen LogP contribution in [-0.2, 0) is 17.6 Å². The molecule has 0 radical (unpaired) electrons. The van der Waals surface area contributed by atoms with Gasteiger partial charge >= 0.3 is 0 Å². The van der Waals surface area contributed by atoms with Crippen molar-refractivity contribution in [1.82, 2.24) is 4.98 Å². The van der Waals surface area contributed by atoms with Crippen molar-refractivity contribution >= 4 is 34.0 Å². The fraction of sp³-hybridized carbons (Fsp3) is 0.333. The molecule has 0 saturated heterocycles. The lowest BCUT2D eigenvalue weighted by molar-refractivity contribution is -0.118. The summed E-state index contributed by atoms with van der Waals surface area (Å²) in [6, 6.07) is 6.98. The average Bonchev–Trinajstić information content (AvgIpc) is 2.87. The summed E-state index contributed by atoms with van der Waals surface area (Å²) in [7, 11) is 0. The molecule has 21 heavy (non-hydrogen) atoms. The van der Waals surface area contributed by atoms with Crippen molar-refractivity contribution in [2.45, 2.75) is 25.7 Å². The van der Waals surface area contributed by atoms with Gasteiger partial charge in [-0.1, -0.05) is 17.7 Å². The summed E-state index contributed by atoms with van der Waals surface area (Å²) in [5, 5.41) is 4.05. The van der Waals surface area contributed by atoms with E-state index in [4.69, 9.17) is 16.3 Å². The van der Waals surface area contributed by atoms with Gasteiger partial charge in [-0.15, -0.1) is 11.3 Å². The van der Waals surface area contributed by atoms with Crippen molar-refractivity contribution < 1.29 is 9.53 Å². The predicted octanol–water partition coefficient (Wildman–Crippen LogP) is 3.69. The lowest BCUT2D eigenvalue weighted by Gasteiger charge is -2.06. The molecule has 0 aliphatic heterocycles. The average molecular weight is 323 g/mol. The van der Waals surface area contributed by atoms with Crippen molar-refractivity contribution in [2.75, 3.05) is 11.9 Å². The maximum Gasteiger partial charge on any atom is 0.264 e. The fourth-order valence-corrected chi connectivity index (χ4v) is 3.51. The molecule has 2 aromatic rings. The van der Waals surface area contributed by atoms with Gasteiger partial charge in [0.05, 0.1) is 5.69 Å². The fourth-order valence-electron chi connectivity index (χ4n) is 2.27. The van der Waals surface area contributed by atoms with Crippen molar-refractivity contribution in [1.29, 1.82) is 0 Å². The van der Waals surface area contributed by atoms with E-state index in [-0.39, 0.29) is 12.5 Å². The second-order valence-corrected chi connectivity index (χ2v) is 6.41. The van der Waals surface area contributed by atoms with Crippen LogP contribution < -0.4 is 10.1 Å². The van der Waals surface area contributed by atoms with Crippen LogP contribution in [0.15, 0.2) is 24.3 Å². The van der Waals surface area contributed by atoms with E-state index >= 15 is 0 Å². The maximum atomic E-state index is 11.9. The Labute approximate surface area is 132 Å². The normalized spacial score (nSPS) is 13.6. The van der Waals surface area contributed by atoms with Crippen LogP contribution >= 0.6 is 22.9 Å². The van der Waals surface area contributed by atoms with E-state index in [9.17, 15) is 4.79 Å². The van der Waals surface area contributed by atoms with E-state index in [2.05, 4.69) is 10.3 Å². The number of hydrogen-bond donors (Lipinski definition) is 1. The first kappa shape index (κ1) is 14.4. The Bertz CT molecular complexity index is 633. The number of nitrogens with one attached hydrogen (secondary N) is 1. The molecule has 0 fully saturated rings. The van der Waals surface area contributed by atoms with E-state index in [0.717, 1.165) is 18.5 Å². The number of thiazole rings is 1. The minimum atomic E-state index is -0.207. The number of rotatable bonds is 4. The molecular formula is C15H15ClN2O2S. The van der Waals surface area contributed by atoms with Gasteiger partial charge in [-0.05, 0) is 43.9 Å². The van der Waals surface area contributed by atoms with Gasteiger partial charge in [0, 0.05) is 9.90 Å². The third-order valence-corrected chi connectivity index (χ3v) is 4.57. The number of ether oxygens (including phenoxy) is 1. The van der Waals surface area contributed by atoms with Gasteiger partial charge < -0.3 is 4.74 Å². The molecule has 1 N–H and O–H groups in total. The van der Waals surface area contributed by atoms with Gasteiger partial charge in [-0.3, -0.25) is 10.1 Å². The van der Waals surface area contributed by atoms with Gasteiger partial charge in [-0.2, -0.15) is 0 Å². The lowest BCUT2D eigenvalue weighted by Crippen LogP contribution is -2.20. The number of carbonyl (C=O) groups excluding carboxylic acids is 1. The van der Waals surface area contributed by atoms with Crippen LogP contribution in [0.5, 0.6) is 5.75 Å². The summed E-state index contributed by atoms with van der Waals surface area (Å²) in [5.74, 6) is 0.372. The first-order valence-corrected chi connectivity index (χ1v) is 8.07. The van der Waals surface area contributed by atoms with Crippen LogP contribution in [0.2, 0.25) is 5.02 Å². The summed E-state index contributed by atoms with van der Waals surface area (Å²) in [6.07, 6.45) is 4.48. The maximum absolute atomic E-state index is 11.9. The Hall–Kier alpha value is -1.59. The third kappa shape index (κ3) is 3.74. The van der Waals surface area contributed by atoms with E-state index in [1.165, 1.54) is 17.7 Å². The second kappa shape index (κ2) is 6.45. The Morgan fingerprint density at radius 2 is 2.24 bits per heavy atom. The summed E-state index contributed by atoms with van der Waals surface area (Å²) < 4.78 is 5.40. The highest BCUT2D eigenvalue weighted by Crippen LogP contribution is 2.29. The van der Waals surface area contributed by atoms with Crippen LogP contribution in [0.3, 0.4) is 0 Å². The topological polar surface area (TPSA) is 51.2 Å². The summed E-state index contributed by atoms with van der Waals surface area (Å²) >= 11 is 7.43. The number of aromatic nitrogens is 1. The molecule has 3 rings (SSSR count). The van der Waals surface area contributed by atoms with Crippen molar-refractivity contribution in [2.24, 2.45) is 0 Å². The largest absolute Gasteiger partial charge is 0.484 e. The Morgan fingerprint density at radius 3 is 3.05 bits per heavy atom. The molecule has 1 aromatic carbocycles. The number of fused-ring (bicyclic) bond motifs is 1. The quantitative estimate of drug-likeness (QED) is 0.934. The van der Waals surface area contributed by atoms with Crippen LogP contribution in [0.25, 0.3) is 0 Å². The van der Waals surface area contributed by atoms with Gasteiger partial charge in [0.1, 0.15) is 5.75 Å². The molecule has 1 amide bonds. The molecule has 1 heterocycles. The number of hydrogen-bond acceptors (Lipinski definition) is 4. The molecule has 0 atom stereocenters. The van der Waals surface area contributed by atoms with E-state index < -0.39 is 0 Å². The van der Waals surface area contributed by atoms with Gasteiger partial charge in [-0.25, -0.2) is 4.98 Å². The van der Waals surface area contributed by atoms with Gasteiger partial charge in [0.15, 0.2) is 11.7 Å². The van der Waals surface area contributed by atoms with Crippen molar-refractivity contribution in [3.8, 4) is 5.75 Å². The minimum absolute atomic E-state index is 0.0510. The number of benzene rings is 1. The van der Waals surface area contributed by atoms with Crippen molar-refractivity contribution in [3.05, 3.63) is 39.9 Å². The van der Waals surface area contributed by atoms with Gasteiger partial charge in [0.25, 0.3) is 5.91 Å². The highest BCUT2D eigenvalue weighted by molar-refractivity contribution is 7.15. The third-order valence-electron chi connectivity index (χ3n) is 3.26. The summed E-state index contributed by atoms with van der Waals surface area (Å²) in [5.41, 5.74) is 1.14. The van der Waals surface area contributed by atoms with E-state index in [1.54, 1.807) is 35.6 Å². The van der Waals surface area contributed by atoms with Crippen LogP contribution in [0, 0.1) is 0 Å². The first-order chi connectivity index (χ1) is 10.2. The smallest absolute Gasteiger partial charge is 0.264 e. The minimum Gasteiger partial charge on any atom is -0.484 e. The van der Waals surface area contributed by atoms with E-state index in [1.807, 2.05) is 0 Å². The molecule has 110 valence electrons. The zero-order chi connectivity index (χ0) is 14.7. The molecule has 0 unspecified atom stereocenters. The Balaban J connectivity index is 1.55. The number of amides is 1. The monoisotopic (exact) mass is 322 g/mol. The number of halogens is 1. The van der Waals surface area contributed by atoms with Crippen molar-refractivity contribution in [3.63, 3.8) is 0 Å². The number of carbonyl (C=O) groups is 1. The summed E-state index contributed by atoms with van der Waals surface area (Å²) in [6.45, 7) is -0.0510. The molecule has 1 aliphatic rings. The Kier molecular flexibility index (Phi) is 4.41. The Morgan fingerprint density at radius 1 is 1.38 bits per heavy atom. The zero-order valence-electron chi connectivity index (χ0n) is 11.4. The first-order valence-electron chi connectivity index (χ1n) is 6.87. The molecule has 6 heteroatoms. The second-order valence-electron chi connectivity index (χ2n) is 4.89. The van der Waals surface area contributed by atoms with Gasteiger partial charge in [0.2, 0.25) is 0 Å². The highest BCUT2D eigenvalue weighted by Gasteiger charge is 2.16. The standard InChI is InChI=1S/C15H15ClN2O2S/c16-10-4-3-5-11(8-10)20-9-14(19)18-15-17-12-6-1-2-7-13(12)21-15/h3-5,8H,1-2,6-7,9H2,(H,17,18,19). The molecular weight excluding hydrogens is 308 g/mol. The number of anilines is 1. The molecule has 1 aliphatic carbocycles. The van der Waals surface area contributed by atoms with Crippen LogP contribution in [0.4, 0.5) is 5.13 Å². The SMILES string of the molecule is O=C(COc1cccc(Cl)c1)Nc1nc2c(s1)CCCC2. The number of nitrogens with zero attached hydrogens (tertiary/aromatic N) is 1. The molecule has 0 spiro atoms. The van der Waals surface area contributed by atoms with Crippen LogP contribution in [0.1, 0.15) is 23.4 Å². The van der Waals surface area contributed by atoms with Crippen LogP contribution in [-0.4, -0.2) is 17.5 Å². The molecule has 1 aromatic heterocycles. The molecule has 4 nitrogen and oxygen atoms in total. The summed E-state index contributed by atoms with van der Waals surface area (Å²) in [4.78, 5) is 17.6. The lowest BCUT2D eigenvalue weighted by atomic mass is 10.0. The predicted molar refractivity (Wildman–Crippen MR) is 84.3 cm³/mol. The highest BCUT2D eigenvalue weighted by atomic mass is 35.5. The molecule has 0 saturated carbocycles.